The minimum absolute atomic E-state index is 0.191. The maximum Gasteiger partial charge on any atom is 0.187 e. The van der Waals surface area contributed by atoms with Gasteiger partial charge >= 0.3 is 0 Å². The second kappa shape index (κ2) is 18.8. The summed E-state index contributed by atoms with van der Waals surface area (Å²) in [5.41, 5.74) is 3.76. The molecule has 10 atom stereocenters. The first kappa shape index (κ1) is 37.2. The molecule has 4 aromatic carbocycles. The Morgan fingerprint density at radius 1 is 0.412 bits per heavy atom. The van der Waals surface area contributed by atoms with Gasteiger partial charge in [0.25, 0.3) is 0 Å². The van der Waals surface area contributed by atoms with E-state index in [-0.39, 0.29) is 33.0 Å². The van der Waals surface area contributed by atoms with E-state index in [4.69, 9.17) is 33.2 Å². The summed E-state index contributed by atoms with van der Waals surface area (Å²) in [4.78, 5) is 0. The Bertz CT molecular complexity index is 1550. The van der Waals surface area contributed by atoms with Crippen molar-refractivity contribution in [3.63, 3.8) is 0 Å². The van der Waals surface area contributed by atoms with E-state index < -0.39 is 68.0 Å². The van der Waals surface area contributed by atoms with E-state index in [1.54, 1.807) is 0 Å². The number of hydrogen-bond acceptors (Lipinski definition) is 11. The fourth-order valence-corrected chi connectivity index (χ4v) is 6.16. The fourth-order valence-electron chi connectivity index (χ4n) is 6.16. The lowest BCUT2D eigenvalue weighted by Gasteiger charge is -2.46. The van der Waals surface area contributed by atoms with Crippen molar-refractivity contribution in [3.05, 3.63) is 144 Å². The molecule has 6 rings (SSSR count). The van der Waals surface area contributed by atoms with E-state index in [2.05, 4.69) is 0 Å². The molecule has 2 aliphatic rings. The molecule has 4 N–H and O–H groups in total. The zero-order chi connectivity index (χ0) is 35.4. The highest BCUT2D eigenvalue weighted by molar-refractivity contribution is 5.16. The van der Waals surface area contributed by atoms with E-state index in [1.165, 1.54) is 0 Å². The Morgan fingerprint density at radius 2 is 0.824 bits per heavy atom. The molecule has 11 heteroatoms. The average molecular weight is 703 g/mol. The van der Waals surface area contributed by atoms with Crippen molar-refractivity contribution in [2.24, 2.45) is 0 Å². The summed E-state index contributed by atoms with van der Waals surface area (Å²) in [5, 5.41) is 41.2. The first-order valence-electron chi connectivity index (χ1n) is 17.2. The lowest BCUT2D eigenvalue weighted by molar-refractivity contribution is -0.346. The summed E-state index contributed by atoms with van der Waals surface area (Å²) < 4.78 is 44.7. The predicted octanol–water partition coefficient (Wildman–Crippen LogP) is 3.50. The Labute approximate surface area is 297 Å². The number of rotatable bonds is 16. The van der Waals surface area contributed by atoms with Crippen LogP contribution in [-0.2, 0) is 59.6 Å². The van der Waals surface area contributed by atoms with Gasteiger partial charge in [0.05, 0.1) is 39.6 Å². The van der Waals surface area contributed by atoms with Gasteiger partial charge in [0.15, 0.2) is 12.6 Å². The molecule has 2 aliphatic heterocycles. The van der Waals surface area contributed by atoms with Crippen molar-refractivity contribution in [2.75, 3.05) is 13.2 Å². The molecule has 2 heterocycles. The van der Waals surface area contributed by atoms with Gasteiger partial charge < -0.3 is 53.6 Å². The van der Waals surface area contributed by atoms with Gasteiger partial charge in [-0.3, -0.25) is 0 Å². The summed E-state index contributed by atoms with van der Waals surface area (Å²) in [6, 6.07) is 39.0. The summed E-state index contributed by atoms with van der Waals surface area (Å²) in [6.07, 6.45) is -11.3. The molecule has 51 heavy (non-hydrogen) atoms. The highest BCUT2D eigenvalue weighted by Crippen LogP contribution is 2.33. The minimum atomic E-state index is -1.60. The molecular formula is C40H46O11. The summed E-state index contributed by atoms with van der Waals surface area (Å²) in [7, 11) is 0. The van der Waals surface area contributed by atoms with Gasteiger partial charge in [-0.2, -0.15) is 0 Å². The largest absolute Gasteiger partial charge is 0.394 e. The molecule has 11 nitrogen and oxygen atoms in total. The molecule has 2 saturated heterocycles. The van der Waals surface area contributed by atoms with E-state index >= 15 is 0 Å². The van der Waals surface area contributed by atoms with Gasteiger partial charge in [0.2, 0.25) is 0 Å². The van der Waals surface area contributed by atoms with Gasteiger partial charge in [0, 0.05) is 0 Å². The third-order valence-electron chi connectivity index (χ3n) is 8.98. The SMILES string of the molecule is OC[C@H]1O[C@@H](OC[C@H]2O[C@H](OCc3ccccc3)[C@H](OCc3ccccc3)[C@@H](OCc3ccccc3)[C@H]2OCc2ccccc2)[C@@H](O)[C@H](O)[C@H]1O. The second-order valence-electron chi connectivity index (χ2n) is 12.7. The molecular weight excluding hydrogens is 656 g/mol. The van der Waals surface area contributed by atoms with Crippen molar-refractivity contribution >= 4 is 0 Å². The normalized spacial score (nSPS) is 29.5. The monoisotopic (exact) mass is 702 g/mol. The molecule has 0 spiro atoms. The van der Waals surface area contributed by atoms with Crippen LogP contribution in [-0.4, -0.2) is 95.1 Å². The molecule has 4 aromatic rings. The van der Waals surface area contributed by atoms with Gasteiger partial charge in [-0.1, -0.05) is 121 Å². The minimum Gasteiger partial charge on any atom is -0.394 e. The predicted molar refractivity (Wildman–Crippen MR) is 185 cm³/mol. The van der Waals surface area contributed by atoms with E-state index in [0.717, 1.165) is 22.3 Å². The highest BCUT2D eigenvalue weighted by Gasteiger charge is 2.50. The molecule has 0 unspecified atom stereocenters. The zero-order valence-electron chi connectivity index (χ0n) is 28.2. The molecule has 0 aliphatic carbocycles. The summed E-state index contributed by atoms with van der Waals surface area (Å²) >= 11 is 0. The van der Waals surface area contributed by atoms with Gasteiger partial charge in [-0.15, -0.1) is 0 Å². The standard InChI is InChI=1S/C40H46O11/c41-21-31-33(42)34(43)35(44)39(50-31)49-26-32-36(45-22-27-13-5-1-6-14-27)37(46-23-28-15-7-2-8-16-28)38(47-24-29-17-9-3-10-18-29)40(51-32)48-25-30-19-11-4-12-20-30/h1-20,31-44H,21-26H2/t31-,32-,33+,34-,35+,36+,37+,38-,39-,40+/m1/s1. The first-order valence-corrected chi connectivity index (χ1v) is 17.2. The summed E-state index contributed by atoms with van der Waals surface area (Å²) in [5.74, 6) is 0. The molecule has 0 aromatic heterocycles. The van der Waals surface area contributed by atoms with E-state index in [9.17, 15) is 20.4 Å². The van der Waals surface area contributed by atoms with E-state index in [0.29, 0.717) is 0 Å². The van der Waals surface area contributed by atoms with Crippen LogP contribution < -0.4 is 0 Å². The molecule has 0 radical (unpaired) electrons. The lowest BCUT2D eigenvalue weighted by atomic mass is 9.97. The smallest absolute Gasteiger partial charge is 0.187 e. The topological polar surface area (TPSA) is 146 Å². The molecule has 2 fully saturated rings. The van der Waals surface area contributed by atoms with Crippen molar-refractivity contribution in [1.29, 1.82) is 0 Å². The number of ether oxygens (including phenoxy) is 7. The number of benzene rings is 4. The van der Waals surface area contributed by atoms with Crippen molar-refractivity contribution in [1.82, 2.24) is 0 Å². The lowest BCUT2D eigenvalue weighted by Crippen LogP contribution is -2.63. The van der Waals surface area contributed by atoms with Gasteiger partial charge in [-0.25, -0.2) is 0 Å². The Kier molecular flexibility index (Phi) is 13.7. The number of aliphatic hydroxyl groups is 4. The molecule has 0 bridgehead atoms. The van der Waals surface area contributed by atoms with Crippen molar-refractivity contribution in [2.45, 2.75) is 87.8 Å². The third-order valence-corrected chi connectivity index (χ3v) is 8.98. The summed E-state index contributed by atoms with van der Waals surface area (Å²) in [6.45, 7) is 0.161. The van der Waals surface area contributed by atoms with Crippen molar-refractivity contribution in [3.8, 4) is 0 Å². The molecule has 0 amide bonds. The van der Waals surface area contributed by atoms with Crippen LogP contribution in [0.15, 0.2) is 121 Å². The van der Waals surface area contributed by atoms with Gasteiger partial charge in [0.1, 0.15) is 48.8 Å². The maximum atomic E-state index is 10.7. The number of hydrogen-bond donors (Lipinski definition) is 4. The van der Waals surface area contributed by atoms with Crippen LogP contribution in [0.1, 0.15) is 22.3 Å². The molecule has 272 valence electrons. The van der Waals surface area contributed by atoms with Crippen LogP contribution in [0.25, 0.3) is 0 Å². The number of aliphatic hydroxyl groups excluding tert-OH is 4. The second-order valence-corrected chi connectivity index (χ2v) is 12.7. The van der Waals surface area contributed by atoms with Crippen LogP contribution in [0.5, 0.6) is 0 Å². The Hall–Kier alpha value is -3.56. The van der Waals surface area contributed by atoms with Crippen molar-refractivity contribution < 1.29 is 53.6 Å². The zero-order valence-corrected chi connectivity index (χ0v) is 28.2. The van der Waals surface area contributed by atoms with Crippen LogP contribution in [0.2, 0.25) is 0 Å². The van der Waals surface area contributed by atoms with E-state index in [1.807, 2.05) is 121 Å². The van der Waals surface area contributed by atoms with Crippen LogP contribution >= 0.6 is 0 Å². The quantitative estimate of drug-likeness (QED) is 0.136. The Morgan fingerprint density at radius 3 is 1.29 bits per heavy atom. The first-order chi connectivity index (χ1) is 25.0. The van der Waals surface area contributed by atoms with Crippen LogP contribution in [0.3, 0.4) is 0 Å². The maximum absolute atomic E-state index is 10.7. The van der Waals surface area contributed by atoms with Crippen LogP contribution in [0.4, 0.5) is 0 Å². The fraction of sp³-hybridized carbons (Fsp3) is 0.400. The Balaban J connectivity index is 1.31. The van der Waals surface area contributed by atoms with Crippen LogP contribution in [0, 0.1) is 0 Å². The average Bonchev–Trinajstić information content (AvgIpc) is 3.18. The highest BCUT2D eigenvalue weighted by atomic mass is 16.7. The molecule has 0 saturated carbocycles. The van der Waals surface area contributed by atoms with Gasteiger partial charge in [-0.05, 0) is 22.3 Å². The third kappa shape index (κ3) is 10.1.